The largest absolute Gasteiger partial charge is 0.353 e. The highest BCUT2D eigenvalue weighted by atomic mass is 32.1. The van der Waals surface area contributed by atoms with E-state index in [-0.39, 0.29) is 37.2 Å². The Bertz CT molecular complexity index is 473. The first-order chi connectivity index (χ1) is 9.16. The van der Waals surface area contributed by atoms with Crippen LogP contribution in [0.15, 0.2) is 16.8 Å². The number of hydrogen-bond acceptors (Lipinski definition) is 4. The Morgan fingerprint density at radius 2 is 2.32 bits per heavy atom. The highest BCUT2D eigenvalue weighted by molar-refractivity contribution is 7.08. The second kappa shape index (κ2) is 6.33. The lowest BCUT2D eigenvalue weighted by atomic mass is 10.3. The van der Waals surface area contributed by atoms with Gasteiger partial charge in [0, 0.05) is 37.0 Å². The van der Waals surface area contributed by atoms with Gasteiger partial charge in [0.2, 0.25) is 11.8 Å². The average molecular weight is 281 g/mol. The van der Waals surface area contributed by atoms with Crippen LogP contribution < -0.4 is 10.6 Å². The summed E-state index contributed by atoms with van der Waals surface area (Å²) in [6.45, 7) is 1.41. The summed E-state index contributed by atoms with van der Waals surface area (Å²) in [5, 5.41) is 8.93. The van der Waals surface area contributed by atoms with Crippen molar-refractivity contribution in [2.45, 2.75) is 6.42 Å². The molecule has 7 heteroatoms. The van der Waals surface area contributed by atoms with Gasteiger partial charge in [-0.2, -0.15) is 11.3 Å². The monoisotopic (exact) mass is 281 g/mol. The van der Waals surface area contributed by atoms with E-state index in [0.717, 1.165) is 0 Å². The number of thiophene rings is 1. The van der Waals surface area contributed by atoms with Crippen molar-refractivity contribution in [3.63, 3.8) is 0 Å². The molecule has 0 aliphatic carbocycles. The Balaban J connectivity index is 1.72. The standard InChI is InChI=1S/C12H15N3O3S/c16-10-7-15(5-4-13-10)11(17)1-3-14-12(18)9-2-6-19-8-9/h2,6,8H,1,3-5,7H2,(H,13,16)(H,14,18). The molecule has 0 atom stereocenters. The minimum atomic E-state index is -0.176. The van der Waals surface area contributed by atoms with E-state index in [1.54, 1.807) is 11.4 Å². The van der Waals surface area contributed by atoms with Crippen molar-refractivity contribution in [1.29, 1.82) is 0 Å². The predicted octanol–water partition coefficient (Wildman–Crippen LogP) is -0.174. The molecule has 0 unspecified atom stereocenters. The molecule has 102 valence electrons. The second-order valence-corrected chi connectivity index (χ2v) is 4.96. The smallest absolute Gasteiger partial charge is 0.252 e. The first-order valence-corrected chi connectivity index (χ1v) is 6.96. The van der Waals surface area contributed by atoms with Gasteiger partial charge in [0.15, 0.2) is 0 Å². The summed E-state index contributed by atoms with van der Waals surface area (Å²) in [7, 11) is 0. The molecule has 0 bridgehead atoms. The van der Waals surface area contributed by atoms with Crippen molar-refractivity contribution >= 4 is 29.1 Å². The second-order valence-electron chi connectivity index (χ2n) is 4.18. The number of carbonyl (C=O) groups excluding carboxylic acids is 3. The Morgan fingerprint density at radius 1 is 1.47 bits per heavy atom. The number of piperazine rings is 1. The predicted molar refractivity (Wildman–Crippen MR) is 70.9 cm³/mol. The Hall–Kier alpha value is -1.89. The molecule has 2 N–H and O–H groups in total. The van der Waals surface area contributed by atoms with Gasteiger partial charge in [0.1, 0.15) is 0 Å². The molecular formula is C12H15N3O3S. The van der Waals surface area contributed by atoms with Gasteiger partial charge in [0.25, 0.3) is 5.91 Å². The average Bonchev–Trinajstić information content (AvgIpc) is 2.92. The molecule has 2 rings (SSSR count). The first-order valence-electron chi connectivity index (χ1n) is 6.01. The Kier molecular flexibility index (Phi) is 4.51. The molecule has 1 aromatic rings. The van der Waals surface area contributed by atoms with Crippen LogP contribution in [0.5, 0.6) is 0 Å². The number of amides is 3. The van der Waals surface area contributed by atoms with Crippen molar-refractivity contribution < 1.29 is 14.4 Å². The lowest BCUT2D eigenvalue weighted by Gasteiger charge is -2.26. The van der Waals surface area contributed by atoms with Crippen molar-refractivity contribution in [1.82, 2.24) is 15.5 Å². The van der Waals surface area contributed by atoms with E-state index < -0.39 is 0 Å². The van der Waals surface area contributed by atoms with Gasteiger partial charge in [-0.05, 0) is 11.4 Å². The third-order valence-electron chi connectivity index (χ3n) is 2.80. The fraction of sp³-hybridized carbons (Fsp3) is 0.417. The van der Waals surface area contributed by atoms with Crippen LogP contribution in [0.1, 0.15) is 16.8 Å². The normalized spacial score (nSPS) is 14.9. The first kappa shape index (κ1) is 13.5. The maximum Gasteiger partial charge on any atom is 0.252 e. The summed E-state index contributed by atoms with van der Waals surface area (Å²) in [6, 6.07) is 1.73. The lowest BCUT2D eigenvalue weighted by Crippen LogP contribution is -2.50. The van der Waals surface area contributed by atoms with Gasteiger partial charge < -0.3 is 15.5 Å². The highest BCUT2D eigenvalue weighted by Crippen LogP contribution is 2.05. The minimum absolute atomic E-state index is 0.108. The van der Waals surface area contributed by atoms with Gasteiger partial charge in [0.05, 0.1) is 6.54 Å². The molecule has 1 aromatic heterocycles. The maximum atomic E-state index is 11.8. The van der Waals surface area contributed by atoms with Gasteiger partial charge in [-0.25, -0.2) is 0 Å². The van der Waals surface area contributed by atoms with Crippen LogP contribution >= 0.6 is 11.3 Å². The molecule has 0 spiro atoms. The van der Waals surface area contributed by atoms with E-state index in [9.17, 15) is 14.4 Å². The van der Waals surface area contributed by atoms with Crippen LogP contribution in [-0.2, 0) is 9.59 Å². The van der Waals surface area contributed by atoms with Crippen LogP contribution in [0.25, 0.3) is 0 Å². The fourth-order valence-electron chi connectivity index (χ4n) is 1.79. The summed E-state index contributed by atoms with van der Waals surface area (Å²) in [6.07, 6.45) is 0.211. The molecule has 0 radical (unpaired) electrons. The van der Waals surface area contributed by atoms with E-state index in [1.807, 2.05) is 5.38 Å². The number of hydrogen-bond donors (Lipinski definition) is 2. The third-order valence-corrected chi connectivity index (χ3v) is 3.48. The molecule has 0 aromatic carbocycles. The zero-order chi connectivity index (χ0) is 13.7. The van der Waals surface area contributed by atoms with Gasteiger partial charge in [-0.1, -0.05) is 0 Å². The summed E-state index contributed by atoms with van der Waals surface area (Å²) in [4.78, 5) is 36.1. The zero-order valence-corrected chi connectivity index (χ0v) is 11.2. The highest BCUT2D eigenvalue weighted by Gasteiger charge is 2.20. The van der Waals surface area contributed by atoms with Crippen LogP contribution in [0, 0.1) is 0 Å². The van der Waals surface area contributed by atoms with Crippen molar-refractivity contribution in [2.75, 3.05) is 26.2 Å². The molecule has 1 fully saturated rings. The Labute approximate surface area is 114 Å². The number of nitrogens with one attached hydrogen (secondary N) is 2. The van der Waals surface area contributed by atoms with Crippen molar-refractivity contribution in [2.24, 2.45) is 0 Å². The summed E-state index contributed by atoms with van der Waals surface area (Å²) in [5.74, 6) is -0.423. The zero-order valence-electron chi connectivity index (χ0n) is 10.3. The van der Waals surface area contributed by atoms with Crippen LogP contribution in [0.2, 0.25) is 0 Å². The minimum Gasteiger partial charge on any atom is -0.353 e. The molecular weight excluding hydrogens is 266 g/mol. The number of carbonyl (C=O) groups is 3. The quantitative estimate of drug-likeness (QED) is 0.804. The number of rotatable bonds is 4. The SMILES string of the molecule is O=C1CN(C(=O)CCNC(=O)c2ccsc2)CCN1. The third kappa shape index (κ3) is 3.78. The Morgan fingerprint density at radius 3 is 3.00 bits per heavy atom. The van der Waals surface area contributed by atoms with Gasteiger partial charge in [-0.15, -0.1) is 0 Å². The summed E-state index contributed by atoms with van der Waals surface area (Å²) < 4.78 is 0. The fourth-order valence-corrected chi connectivity index (χ4v) is 2.42. The lowest BCUT2D eigenvalue weighted by molar-refractivity contribution is -0.138. The van der Waals surface area contributed by atoms with Crippen molar-refractivity contribution in [3.05, 3.63) is 22.4 Å². The van der Waals surface area contributed by atoms with Crippen molar-refractivity contribution in [3.8, 4) is 0 Å². The maximum absolute atomic E-state index is 11.8. The number of nitrogens with zero attached hydrogens (tertiary/aromatic N) is 1. The molecule has 6 nitrogen and oxygen atoms in total. The van der Waals surface area contributed by atoms with E-state index in [0.29, 0.717) is 18.7 Å². The van der Waals surface area contributed by atoms with Crippen LogP contribution in [-0.4, -0.2) is 48.8 Å². The summed E-state index contributed by atoms with van der Waals surface area (Å²) in [5.41, 5.74) is 0.606. The molecule has 1 aliphatic rings. The molecule has 1 saturated heterocycles. The van der Waals surface area contributed by atoms with Gasteiger partial charge >= 0.3 is 0 Å². The van der Waals surface area contributed by atoms with Gasteiger partial charge in [-0.3, -0.25) is 14.4 Å². The van der Waals surface area contributed by atoms with E-state index in [2.05, 4.69) is 10.6 Å². The van der Waals surface area contributed by atoms with E-state index in [4.69, 9.17) is 0 Å². The van der Waals surface area contributed by atoms with Crippen LogP contribution in [0.3, 0.4) is 0 Å². The topological polar surface area (TPSA) is 78.5 Å². The van der Waals surface area contributed by atoms with E-state index in [1.165, 1.54) is 16.2 Å². The molecule has 0 saturated carbocycles. The molecule has 1 aliphatic heterocycles. The van der Waals surface area contributed by atoms with Crippen LogP contribution in [0.4, 0.5) is 0 Å². The molecule has 19 heavy (non-hydrogen) atoms. The van der Waals surface area contributed by atoms with E-state index >= 15 is 0 Å². The molecule has 2 heterocycles. The molecule has 3 amide bonds. The summed E-state index contributed by atoms with van der Waals surface area (Å²) >= 11 is 1.45.